The van der Waals surface area contributed by atoms with Gasteiger partial charge in [-0.15, -0.1) is 0 Å². The van der Waals surface area contributed by atoms with Gasteiger partial charge in [-0.25, -0.2) is 0 Å². The molecule has 0 spiro atoms. The summed E-state index contributed by atoms with van der Waals surface area (Å²) in [5.74, 6) is 0.0127. The zero-order chi connectivity index (χ0) is 16.7. The van der Waals surface area contributed by atoms with Gasteiger partial charge in [0.2, 0.25) is 5.91 Å². The molecule has 0 aliphatic rings. The molecule has 0 bridgehead atoms. The largest absolute Gasteiger partial charge is 0.508 e. The smallest absolute Gasteiger partial charge is 0.220 e. The SMILES string of the molecule is CC(=O)C(Cc1ccccc1)NC(=O)CCc1ccc(O)cc1. The van der Waals surface area contributed by atoms with Gasteiger partial charge in [0.1, 0.15) is 5.75 Å². The normalized spacial score (nSPS) is 11.7. The lowest BCUT2D eigenvalue weighted by atomic mass is 10.0. The summed E-state index contributed by atoms with van der Waals surface area (Å²) in [7, 11) is 0. The fraction of sp³-hybridized carbons (Fsp3) is 0.263. The highest BCUT2D eigenvalue weighted by Crippen LogP contribution is 2.11. The van der Waals surface area contributed by atoms with Gasteiger partial charge >= 0.3 is 0 Å². The number of rotatable bonds is 7. The van der Waals surface area contributed by atoms with Crippen molar-refractivity contribution in [2.24, 2.45) is 0 Å². The first-order valence-corrected chi connectivity index (χ1v) is 7.66. The molecule has 0 aliphatic carbocycles. The van der Waals surface area contributed by atoms with Gasteiger partial charge in [0, 0.05) is 6.42 Å². The van der Waals surface area contributed by atoms with E-state index in [2.05, 4.69) is 5.32 Å². The van der Waals surface area contributed by atoms with Crippen molar-refractivity contribution in [1.82, 2.24) is 5.32 Å². The van der Waals surface area contributed by atoms with Crippen molar-refractivity contribution in [2.45, 2.75) is 32.2 Å². The van der Waals surface area contributed by atoms with Gasteiger partial charge in [0.25, 0.3) is 0 Å². The molecule has 1 unspecified atom stereocenters. The summed E-state index contributed by atoms with van der Waals surface area (Å²) < 4.78 is 0. The standard InChI is InChI=1S/C19H21NO3/c1-14(21)18(13-16-5-3-2-4-6-16)20-19(23)12-9-15-7-10-17(22)11-8-15/h2-8,10-11,18,22H,9,12-13H2,1H3,(H,20,23). The first kappa shape index (κ1) is 16.7. The van der Waals surface area contributed by atoms with Crippen molar-refractivity contribution < 1.29 is 14.7 Å². The fourth-order valence-electron chi connectivity index (χ4n) is 2.33. The molecule has 23 heavy (non-hydrogen) atoms. The summed E-state index contributed by atoms with van der Waals surface area (Å²) in [6.07, 6.45) is 1.38. The van der Waals surface area contributed by atoms with Gasteiger partial charge in [0.05, 0.1) is 6.04 Å². The highest BCUT2D eigenvalue weighted by atomic mass is 16.3. The Morgan fingerprint density at radius 1 is 1.00 bits per heavy atom. The van der Waals surface area contributed by atoms with Crippen LogP contribution in [0.4, 0.5) is 0 Å². The molecule has 0 radical (unpaired) electrons. The predicted molar refractivity (Wildman–Crippen MR) is 89.2 cm³/mol. The Bertz CT molecular complexity index is 650. The number of aryl methyl sites for hydroxylation is 1. The second-order valence-electron chi connectivity index (χ2n) is 5.59. The van der Waals surface area contributed by atoms with Gasteiger partial charge < -0.3 is 10.4 Å². The van der Waals surface area contributed by atoms with Crippen molar-refractivity contribution in [2.75, 3.05) is 0 Å². The minimum absolute atomic E-state index is 0.0492. The van der Waals surface area contributed by atoms with E-state index in [1.54, 1.807) is 24.3 Å². The zero-order valence-corrected chi connectivity index (χ0v) is 13.2. The Hall–Kier alpha value is -2.62. The molecule has 4 nitrogen and oxygen atoms in total. The van der Waals surface area contributed by atoms with Crippen LogP contribution in [0.25, 0.3) is 0 Å². The number of ketones is 1. The molecule has 1 amide bonds. The summed E-state index contributed by atoms with van der Waals surface area (Å²) in [6.45, 7) is 1.49. The van der Waals surface area contributed by atoms with Crippen LogP contribution in [0.2, 0.25) is 0 Å². The molecule has 2 aromatic carbocycles. The van der Waals surface area contributed by atoms with E-state index >= 15 is 0 Å². The monoisotopic (exact) mass is 311 g/mol. The molecule has 0 aromatic heterocycles. The molecule has 2 N–H and O–H groups in total. The van der Waals surface area contributed by atoms with E-state index in [1.165, 1.54) is 6.92 Å². The molecular formula is C19H21NO3. The van der Waals surface area contributed by atoms with Gasteiger partial charge in [-0.2, -0.15) is 0 Å². The Morgan fingerprint density at radius 3 is 2.26 bits per heavy atom. The van der Waals surface area contributed by atoms with Gasteiger partial charge in [-0.05, 0) is 43.0 Å². The van der Waals surface area contributed by atoms with Crippen LogP contribution in [0.15, 0.2) is 54.6 Å². The molecule has 0 heterocycles. The fourth-order valence-corrected chi connectivity index (χ4v) is 2.33. The van der Waals surface area contributed by atoms with Crippen LogP contribution in [0, 0.1) is 0 Å². The number of benzene rings is 2. The second kappa shape index (κ2) is 8.13. The van der Waals surface area contributed by atoms with Gasteiger partial charge in [0.15, 0.2) is 5.78 Å². The highest BCUT2D eigenvalue weighted by molar-refractivity contribution is 5.87. The van der Waals surface area contributed by atoms with Crippen molar-refractivity contribution in [1.29, 1.82) is 0 Å². The van der Waals surface area contributed by atoms with Gasteiger partial charge in [-0.1, -0.05) is 42.5 Å². The number of carbonyl (C=O) groups excluding carboxylic acids is 2. The summed E-state index contributed by atoms with van der Waals surface area (Å²) in [4.78, 5) is 23.8. The molecule has 2 aromatic rings. The molecule has 1 atom stereocenters. The van der Waals surface area contributed by atoms with Crippen LogP contribution in [0.1, 0.15) is 24.5 Å². The third-order valence-corrected chi connectivity index (χ3v) is 3.69. The number of hydrogen-bond acceptors (Lipinski definition) is 3. The predicted octanol–water partition coefficient (Wildman–Crippen LogP) is 2.64. The number of aromatic hydroxyl groups is 1. The third-order valence-electron chi connectivity index (χ3n) is 3.69. The first-order valence-electron chi connectivity index (χ1n) is 7.66. The Labute approximate surface area is 136 Å². The van der Waals surface area contributed by atoms with Gasteiger partial charge in [-0.3, -0.25) is 9.59 Å². The summed E-state index contributed by atoms with van der Waals surface area (Å²) in [6, 6.07) is 15.9. The van der Waals surface area contributed by atoms with Crippen molar-refractivity contribution in [3.63, 3.8) is 0 Å². The van der Waals surface area contributed by atoms with Crippen molar-refractivity contribution >= 4 is 11.7 Å². The maximum Gasteiger partial charge on any atom is 0.220 e. The van der Waals surface area contributed by atoms with Crippen LogP contribution in [0.5, 0.6) is 5.75 Å². The van der Waals surface area contributed by atoms with E-state index in [0.717, 1.165) is 11.1 Å². The average Bonchev–Trinajstić information content (AvgIpc) is 2.54. The molecule has 0 saturated carbocycles. The topological polar surface area (TPSA) is 66.4 Å². The summed E-state index contributed by atoms with van der Waals surface area (Å²) in [5.41, 5.74) is 1.99. The Kier molecular flexibility index (Phi) is 5.92. The molecule has 0 aliphatic heterocycles. The molecule has 120 valence electrons. The number of phenols is 1. The van der Waals surface area contributed by atoms with E-state index in [-0.39, 0.29) is 17.4 Å². The molecule has 0 saturated heterocycles. The number of carbonyl (C=O) groups is 2. The minimum Gasteiger partial charge on any atom is -0.508 e. The molecule has 0 fully saturated rings. The number of phenolic OH excluding ortho intramolecular Hbond substituents is 1. The lowest BCUT2D eigenvalue weighted by Gasteiger charge is -2.16. The summed E-state index contributed by atoms with van der Waals surface area (Å²) >= 11 is 0. The van der Waals surface area contributed by atoms with E-state index in [0.29, 0.717) is 19.3 Å². The van der Waals surface area contributed by atoms with E-state index < -0.39 is 6.04 Å². The van der Waals surface area contributed by atoms with E-state index in [4.69, 9.17) is 0 Å². The Balaban J connectivity index is 1.88. The van der Waals surface area contributed by atoms with E-state index in [1.807, 2.05) is 30.3 Å². The molecule has 4 heteroatoms. The van der Waals surface area contributed by atoms with E-state index in [9.17, 15) is 14.7 Å². The molecule has 2 rings (SSSR count). The maximum atomic E-state index is 12.1. The van der Waals surface area contributed by atoms with Crippen LogP contribution >= 0.6 is 0 Å². The number of hydrogen-bond donors (Lipinski definition) is 2. The van der Waals surface area contributed by atoms with Crippen LogP contribution in [-0.4, -0.2) is 22.8 Å². The second-order valence-corrected chi connectivity index (χ2v) is 5.59. The molecular weight excluding hydrogens is 290 g/mol. The van der Waals surface area contributed by atoms with Crippen molar-refractivity contribution in [3.8, 4) is 5.75 Å². The highest BCUT2D eigenvalue weighted by Gasteiger charge is 2.17. The number of amides is 1. The van der Waals surface area contributed by atoms with Crippen molar-refractivity contribution in [3.05, 3.63) is 65.7 Å². The third kappa shape index (κ3) is 5.58. The lowest BCUT2D eigenvalue weighted by molar-refractivity contribution is -0.126. The number of nitrogens with one attached hydrogen (secondary N) is 1. The zero-order valence-electron chi connectivity index (χ0n) is 13.2. The average molecular weight is 311 g/mol. The lowest BCUT2D eigenvalue weighted by Crippen LogP contribution is -2.41. The number of Topliss-reactive ketones (excluding diaryl/α,β-unsaturated/α-hetero) is 1. The Morgan fingerprint density at radius 2 is 1.65 bits per heavy atom. The maximum absolute atomic E-state index is 12.1. The minimum atomic E-state index is -0.496. The first-order chi connectivity index (χ1) is 11.0. The van der Waals surface area contributed by atoms with Crippen LogP contribution in [-0.2, 0) is 22.4 Å². The van der Waals surface area contributed by atoms with Crippen LogP contribution < -0.4 is 5.32 Å². The van der Waals surface area contributed by atoms with Crippen LogP contribution in [0.3, 0.4) is 0 Å². The quantitative estimate of drug-likeness (QED) is 0.826. The summed E-state index contributed by atoms with van der Waals surface area (Å²) in [5, 5.41) is 12.0.